The fourth-order valence-electron chi connectivity index (χ4n) is 1.83. The molecule has 25 heavy (non-hydrogen) atoms. The molecular weight excluding hydrogens is 359 g/mol. The predicted molar refractivity (Wildman–Crippen MR) is 85.3 cm³/mol. The number of amides is 1. The molecule has 1 amide bonds. The Hall–Kier alpha value is -2.55. The Balaban J connectivity index is 1.84. The number of hydrogen-bond donors (Lipinski definition) is 1. The summed E-state index contributed by atoms with van der Waals surface area (Å²) < 4.78 is 45.0. The first-order valence-electron chi connectivity index (χ1n) is 7.11. The summed E-state index contributed by atoms with van der Waals surface area (Å²) in [5, 5.41) is 4.27. The van der Waals surface area contributed by atoms with Gasteiger partial charge in [-0.1, -0.05) is 6.07 Å². The van der Waals surface area contributed by atoms with Crippen LogP contribution in [-0.4, -0.2) is 24.3 Å². The number of hydrogen-bond acceptors (Lipinski definition) is 5. The van der Waals surface area contributed by atoms with E-state index in [4.69, 9.17) is 4.74 Å². The van der Waals surface area contributed by atoms with Crippen molar-refractivity contribution in [2.75, 3.05) is 5.32 Å². The second kappa shape index (κ2) is 8.02. The number of carbonyl (C=O) groups is 2. The summed E-state index contributed by atoms with van der Waals surface area (Å²) >= 11 is 1.40. The van der Waals surface area contributed by atoms with Crippen molar-refractivity contribution in [1.29, 1.82) is 0 Å². The lowest BCUT2D eigenvalue weighted by atomic mass is 10.3. The lowest BCUT2D eigenvalue weighted by Crippen LogP contribution is -2.30. The molecule has 0 aliphatic carbocycles. The van der Waals surface area contributed by atoms with Crippen molar-refractivity contribution in [2.45, 2.75) is 25.8 Å². The second-order valence-electron chi connectivity index (χ2n) is 4.95. The van der Waals surface area contributed by atoms with Crippen LogP contribution in [0.4, 0.5) is 18.9 Å². The molecule has 5 nitrogen and oxygen atoms in total. The SMILES string of the molecule is CC(OC(=O)Cc1cccs1)C(=O)Nc1ccc(OC(F)(F)F)cc1. The maximum Gasteiger partial charge on any atom is 0.573 e. The molecule has 1 N–H and O–H groups in total. The zero-order valence-corrected chi connectivity index (χ0v) is 13.8. The summed E-state index contributed by atoms with van der Waals surface area (Å²) in [6, 6.07) is 8.21. The summed E-state index contributed by atoms with van der Waals surface area (Å²) in [5.74, 6) is -1.54. The summed E-state index contributed by atoms with van der Waals surface area (Å²) in [5.41, 5.74) is 0.251. The van der Waals surface area contributed by atoms with E-state index in [9.17, 15) is 22.8 Å². The van der Waals surface area contributed by atoms with Crippen LogP contribution in [0.5, 0.6) is 5.75 Å². The van der Waals surface area contributed by atoms with Gasteiger partial charge >= 0.3 is 12.3 Å². The molecular formula is C16H14F3NO4S. The fourth-order valence-corrected chi connectivity index (χ4v) is 2.52. The van der Waals surface area contributed by atoms with Crippen LogP contribution < -0.4 is 10.1 Å². The number of thiophene rings is 1. The average molecular weight is 373 g/mol. The van der Waals surface area contributed by atoms with Gasteiger partial charge < -0.3 is 14.8 Å². The Kier molecular flexibility index (Phi) is 6.02. The third-order valence-corrected chi connectivity index (χ3v) is 3.81. The number of halogens is 3. The van der Waals surface area contributed by atoms with E-state index in [0.717, 1.165) is 17.0 Å². The number of rotatable bonds is 6. The van der Waals surface area contributed by atoms with E-state index in [1.807, 2.05) is 5.38 Å². The minimum absolute atomic E-state index is 0.0682. The maximum absolute atomic E-state index is 12.1. The van der Waals surface area contributed by atoms with Crippen molar-refractivity contribution < 1.29 is 32.2 Å². The molecule has 0 fully saturated rings. The van der Waals surface area contributed by atoms with Crippen LogP contribution in [0, 0.1) is 0 Å². The molecule has 2 rings (SSSR count). The van der Waals surface area contributed by atoms with E-state index in [-0.39, 0.29) is 12.1 Å². The highest BCUT2D eigenvalue weighted by Gasteiger charge is 2.31. The highest BCUT2D eigenvalue weighted by Crippen LogP contribution is 2.24. The number of benzene rings is 1. The molecule has 0 radical (unpaired) electrons. The van der Waals surface area contributed by atoms with Crippen molar-refractivity contribution in [3.05, 3.63) is 46.7 Å². The van der Waals surface area contributed by atoms with Crippen LogP contribution in [-0.2, 0) is 20.7 Å². The Morgan fingerprint density at radius 2 is 1.88 bits per heavy atom. The minimum atomic E-state index is -4.78. The first-order valence-corrected chi connectivity index (χ1v) is 7.99. The van der Waals surface area contributed by atoms with Gasteiger partial charge in [-0.2, -0.15) is 0 Å². The summed E-state index contributed by atoms with van der Waals surface area (Å²) in [6.45, 7) is 1.41. The fraction of sp³-hybridized carbons (Fsp3) is 0.250. The monoisotopic (exact) mass is 373 g/mol. The largest absolute Gasteiger partial charge is 0.573 e. The topological polar surface area (TPSA) is 64.6 Å². The molecule has 134 valence electrons. The molecule has 1 aromatic heterocycles. The molecule has 0 bridgehead atoms. The summed E-state index contributed by atoms with van der Waals surface area (Å²) in [7, 11) is 0. The van der Waals surface area contributed by atoms with E-state index in [1.165, 1.54) is 30.4 Å². The van der Waals surface area contributed by atoms with E-state index in [1.54, 1.807) is 12.1 Å². The Morgan fingerprint density at radius 1 is 1.20 bits per heavy atom. The van der Waals surface area contributed by atoms with E-state index >= 15 is 0 Å². The van der Waals surface area contributed by atoms with Gasteiger partial charge in [-0.15, -0.1) is 24.5 Å². The van der Waals surface area contributed by atoms with E-state index in [2.05, 4.69) is 10.1 Å². The molecule has 9 heteroatoms. The van der Waals surface area contributed by atoms with Gasteiger partial charge in [-0.05, 0) is 42.6 Å². The Bertz CT molecular complexity index is 714. The number of ether oxygens (including phenoxy) is 2. The molecule has 1 unspecified atom stereocenters. The number of carbonyl (C=O) groups excluding carboxylic acids is 2. The van der Waals surface area contributed by atoms with Crippen LogP contribution in [0.3, 0.4) is 0 Å². The Labute approximate surface area is 145 Å². The molecule has 0 aliphatic rings. The third kappa shape index (κ3) is 6.46. The molecule has 0 saturated heterocycles. The van der Waals surface area contributed by atoms with Crippen LogP contribution in [0.2, 0.25) is 0 Å². The van der Waals surface area contributed by atoms with Crippen molar-refractivity contribution in [1.82, 2.24) is 0 Å². The van der Waals surface area contributed by atoms with Gasteiger partial charge in [0, 0.05) is 10.6 Å². The average Bonchev–Trinajstić information content (AvgIpc) is 3.00. The first kappa shape index (κ1) is 18.8. The molecule has 1 heterocycles. The normalized spacial score (nSPS) is 12.3. The molecule has 0 spiro atoms. The smallest absolute Gasteiger partial charge is 0.452 e. The van der Waals surface area contributed by atoms with Crippen LogP contribution in [0.1, 0.15) is 11.8 Å². The van der Waals surface area contributed by atoms with Crippen molar-refractivity contribution in [2.24, 2.45) is 0 Å². The van der Waals surface area contributed by atoms with E-state index in [0.29, 0.717) is 0 Å². The minimum Gasteiger partial charge on any atom is -0.452 e. The highest BCUT2D eigenvalue weighted by atomic mass is 32.1. The van der Waals surface area contributed by atoms with Crippen LogP contribution in [0.15, 0.2) is 41.8 Å². The van der Waals surface area contributed by atoms with Gasteiger partial charge in [-0.3, -0.25) is 9.59 Å². The molecule has 1 aromatic carbocycles. The van der Waals surface area contributed by atoms with E-state index < -0.39 is 30.1 Å². The first-order chi connectivity index (χ1) is 11.7. The quantitative estimate of drug-likeness (QED) is 0.783. The summed E-state index contributed by atoms with van der Waals surface area (Å²) in [4.78, 5) is 24.5. The van der Waals surface area contributed by atoms with Gasteiger partial charge in [-0.25, -0.2) is 0 Å². The second-order valence-corrected chi connectivity index (χ2v) is 5.98. The van der Waals surface area contributed by atoms with Gasteiger partial charge in [0.25, 0.3) is 5.91 Å². The maximum atomic E-state index is 12.1. The molecule has 0 aliphatic heterocycles. The van der Waals surface area contributed by atoms with Crippen LogP contribution in [0.25, 0.3) is 0 Å². The van der Waals surface area contributed by atoms with Gasteiger partial charge in [0.1, 0.15) is 5.75 Å². The Morgan fingerprint density at radius 3 is 2.44 bits per heavy atom. The number of nitrogens with one attached hydrogen (secondary N) is 1. The number of anilines is 1. The van der Waals surface area contributed by atoms with Gasteiger partial charge in [0.05, 0.1) is 6.42 Å². The number of alkyl halides is 3. The standard InChI is InChI=1S/C16H14F3NO4S/c1-10(23-14(21)9-13-3-2-8-25-13)15(22)20-11-4-6-12(7-5-11)24-16(17,18)19/h2-8,10H,9H2,1H3,(H,20,22). The number of esters is 1. The molecule has 2 aromatic rings. The zero-order valence-electron chi connectivity index (χ0n) is 13.0. The lowest BCUT2D eigenvalue weighted by Gasteiger charge is -2.14. The lowest BCUT2D eigenvalue weighted by molar-refractivity contribution is -0.274. The predicted octanol–water partition coefficient (Wildman–Crippen LogP) is 3.76. The van der Waals surface area contributed by atoms with Gasteiger partial charge in [0.15, 0.2) is 6.10 Å². The van der Waals surface area contributed by atoms with Crippen LogP contribution >= 0.6 is 11.3 Å². The third-order valence-electron chi connectivity index (χ3n) is 2.93. The van der Waals surface area contributed by atoms with Gasteiger partial charge in [0.2, 0.25) is 0 Å². The zero-order chi connectivity index (χ0) is 18.4. The van der Waals surface area contributed by atoms with Crippen molar-refractivity contribution in [3.63, 3.8) is 0 Å². The molecule has 1 atom stereocenters. The highest BCUT2D eigenvalue weighted by molar-refractivity contribution is 7.10. The molecule has 0 saturated carbocycles. The van der Waals surface area contributed by atoms with Crippen molar-refractivity contribution >= 4 is 28.9 Å². The summed E-state index contributed by atoms with van der Waals surface area (Å²) in [6.07, 6.45) is -5.76. The van der Waals surface area contributed by atoms with Crippen molar-refractivity contribution in [3.8, 4) is 5.75 Å².